The fraction of sp³-hybridized carbons (Fsp3) is 0.909. The summed E-state index contributed by atoms with van der Waals surface area (Å²) in [6, 6.07) is 0. The highest BCUT2D eigenvalue weighted by molar-refractivity contribution is 9.10. The Hall–Kier alpha value is 0.820. The number of alkyl halides is 4. The molecule has 100 valence electrons. The molecule has 0 N–H and O–H groups in total. The van der Waals surface area contributed by atoms with E-state index >= 15 is 0 Å². The van der Waals surface area contributed by atoms with Crippen molar-refractivity contribution < 1.29 is 9.53 Å². The second-order valence-corrected chi connectivity index (χ2v) is 7.85. The summed E-state index contributed by atoms with van der Waals surface area (Å²) >= 11 is 22.2. The summed E-state index contributed by atoms with van der Waals surface area (Å²) in [5, 5.41) is -0.244. The van der Waals surface area contributed by atoms with Gasteiger partial charge in [-0.2, -0.15) is 0 Å². The van der Waals surface area contributed by atoms with Gasteiger partial charge in [-0.25, -0.2) is 0 Å². The number of carbonyl (C=O) groups is 1. The third-order valence-corrected chi connectivity index (χ3v) is 6.73. The first kappa shape index (κ1) is 15.9. The molecule has 0 radical (unpaired) electrons. The van der Waals surface area contributed by atoms with Gasteiger partial charge < -0.3 is 4.74 Å². The molecule has 1 fully saturated rings. The number of esters is 1. The molecule has 1 rings (SSSR count). The molecule has 0 aromatic heterocycles. The minimum absolute atomic E-state index is 0.118. The fourth-order valence-corrected chi connectivity index (χ4v) is 4.04. The average Bonchev–Trinajstić information content (AvgIpc) is 2.24. The van der Waals surface area contributed by atoms with Gasteiger partial charge in [-0.1, -0.05) is 22.9 Å². The van der Waals surface area contributed by atoms with Crippen LogP contribution in [-0.4, -0.2) is 33.5 Å². The van der Waals surface area contributed by atoms with Gasteiger partial charge in [0, 0.05) is 23.6 Å². The van der Waals surface area contributed by atoms with Gasteiger partial charge in [0.2, 0.25) is 0 Å². The first-order valence-electron chi connectivity index (χ1n) is 5.40. The van der Waals surface area contributed by atoms with Gasteiger partial charge in [0.15, 0.2) is 0 Å². The number of hydrogen-bond acceptors (Lipinski definition) is 2. The van der Waals surface area contributed by atoms with E-state index in [-0.39, 0.29) is 26.5 Å². The largest absolute Gasteiger partial charge is 0.465 e. The van der Waals surface area contributed by atoms with Crippen molar-refractivity contribution in [1.29, 1.82) is 0 Å². The normalized spacial score (nSPS) is 42.2. The van der Waals surface area contributed by atoms with E-state index in [9.17, 15) is 4.79 Å². The molecular weight excluding hydrogens is 350 g/mol. The van der Waals surface area contributed by atoms with Gasteiger partial charge in [-0.15, -0.1) is 34.8 Å². The number of hydrogen-bond donors (Lipinski definition) is 0. The van der Waals surface area contributed by atoms with Crippen LogP contribution in [0.1, 0.15) is 26.7 Å². The smallest absolute Gasteiger partial charge is 0.302 e. The molecule has 0 spiro atoms. The lowest BCUT2D eigenvalue weighted by Gasteiger charge is -2.47. The molecule has 4 atom stereocenters. The Morgan fingerprint density at radius 1 is 1.47 bits per heavy atom. The van der Waals surface area contributed by atoms with Gasteiger partial charge in [0.05, 0.1) is 16.3 Å². The summed E-state index contributed by atoms with van der Waals surface area (Å²) in [6.07, 6.45) is 1.32. The molecule has 17 heavy (non-hydrogen) atoms. The minimum atomic E-state index is -0.351. The van der Waals surface area contributed by atoms with E-state index in [1.807, 2.05) is 6.92 Å². The van der Waals surface area contributed by atoms with E-state index in [4.69, 9.17) is 39.5 Å². The maximum absolute atomic E-state index is 10.9. The van der Waals surface area contributed by atoms with E-state index in [0.29, 0.717) is 25.3 Å². The SMILES string of the molecule is CC(=O)OC[C@]1(C)C[C@@](Br)(CCl)[C@H](Cl)C[C@@H]1Cl. The molecule has 0 aromatic carbocycles. The standard InChI is InChI=1S/C11H16BrCl3O2/c1-7(16)17-6-10(2)4-11(12,5-13)9(15)3-8(10)14/h8-9H,3-6H2,1-2H3/t8-,9+,10-,11+/m0/s1. The van der Waals surface area contributed by atoms with E-state index in [1.165, 1.54) is 6.92 Å². The molecular formula is C11H16BrCl3O2. The molecule has 1 saturated carbocycles. The first-order valence-corrected chi connectivity index (χ1v) is 7.60. The van der Waals surface area contributed by atoms with Crippen molar-refractivity contribution >= 4 is 56.7 Å². The number of rotatable bonds is 3. The molecule has 0 bridgehead atoms. The van der Waals surface area contributed by atoms with Crippen LogP contribution in [0.25, 0.3) is 0 Å². The van der Waals surface area contributed by atoms with Gasteiger partial charge in [-0.05, 0) is 12.8 Å². The predicted octanol–water partition coefficient (Wildman–Crippen LogP) is 3.94. The van der Waals surface area contributed by atoms with Crippen LogP contribution in [-0.2, 0) is 9.53 Å². The Bertz CT molecular complexity index is 302. The maximum Gasteiger partial charge on any atom is 0.302 e. The molecule has 0 heterocycles. The summed E-state index contributed by atoms with van der Waals surface area (Å²) in [5.41, 5.74) is -0.309. The first-order chi connectivity index (χ1) is 7.73. The van der Waals surface area contributed by atoms with Crippen LogP contribution >= 0.6 is 50.7 Å². The number of ether oxygens (including phenoxy) is 1. The molecule has 0 unspecified atom stereocenters. The van der Waals surface area contributed by atoms with Crippen molar-refractivity contribution in [3.05, 3.63) is 0 Å². The van der Waals surface area contributed by atoms with E-state index in [2.05, 4.69) is 15.9 Å². The summed E-state index contributed by atoms with van der Waals surface area (Å²) in [4.78, 5) is 10.9. The Balaban J connectivity index is 2.80. The zero-order valence-electron chi connectivity index (χ0n) is 9.81. The topological polar surface area (TPSA) is 26.3 Å². The predicted molar refractivity (Wildman–Crippen MR) is 75.6 cm³/mol. The molecule has 2 nitrogen and oxygen atoms in total. The quantitative estimate of drug-likeness (QED) is 0.559. The Morgan fingerprint density at radius 2 is 2.06 bits per heavy atom. The van der Waals surface area contributed by atoms with Crippen LogP contribution in [0, 0.1) is 5.41 Å². The zero-order valence-corrected chi connectivity index (χ0v) is 13.7. The Labute approximate surface area is 125 Å². The Morgan fingerprint density at radius 3 is 2.53 bits per heavy atom. The summed E-state index contributed by atoms with van der Waals surface area (Å²) < 4.78 is 4.75. The fourth-order valence-electron chi connectivity index (χ4n) is 2.11. The maximum atomic E-state index is 10.9. The molecule has 1 aliphatic carbocycles. The third kappa shape index (κ3) is 3.65. The van der Waals surface area contributed by atoms with E-state index < -0.39 is 0 Å². The molecule has 0 amide bonds. The average molecular weight is 367 g/mol. The lowest BCUT2D eigenvalue weighted by Crippen LogP contribution is -2.52. The van der Waals surface area contributed by atoms with Crippen LogP contribution in [0.15, 0.2) is 0 Å². The highest BCUT2D eigenvalue weighted by Gasteiger charge is 2.51. The summed E-state index contributed by atoms with van der Waals surface area (Å²) in [6.45, 7) is 3.69. The van der Waals surface area contributed by atoms with E-state index in [0.717, 1.165) is 0 Å². The van der Waals surface area contributed by atoms with Crippen LogP contribution in [0.4, 0.5) is 0 Å². The van der Waals surface area contributed by atoms with Crippen molar-refractivity contribution in [2.24, 2.45) is 5.41 Å². The highest BCUT2D eigenvalue weighted by Crippen LogP contribution is 2.50. The lowest BCUT2D eigenvalue weighted by molar-refractivity contribution is -0.145. The second kappa shape index (κ2) is 5.85. The van der Waals surface area contributed by atoms with Crippen molar-refractivity contribution in [2.45, 2.75) is 41.8 Å². The molecule has 1 aliphatic rings. The molecule has 0 saturated heterocycles. The molecule has 0 aliphatic heterocycles. The van der Waals surface area contributed by atoms with Gasteiger partial charge in [-0.3, -0.25) is 4.79 Å². The second-order valence-electron chi connectivity index (χ2n) is 4.95. The van der Waals surface area contributed by atoms with Crippen LogP contribution in [0.5, 0.6) is 0 Å². The van der Waals surface area contributed by atoms with Crippen LogP contribution in [0.3, 0.4) is 0 Å². The zero-order chi connectivity index (χ0) is 13.3. The molecule has 0 aromatic rings. The third-order valence-electron chi connectivity index (χ3n) is 3.26. The van der Waals surface area contributed by atoms with Gasteiger partial charge in [0.25, 0.3) is 0 Å². The van der Waals surface area contributed by atoms with Crippen molar-refractivity contribution in [1.82, 2.24) is 0 Å². The summed E-state index contributed by atoms with van der Waals surface area (Å²) in [7, 11) is 0. The summed E-state index contributed by atoms with van der Waals surface area (Å²) in [5.74, 6) is 0.106. The highest BCUT2D eigenvalue weighted by atomic mass is 79.9. The van der Waals surface area contributed by atoms with Crippen molar-refractivity contribution in [3.8, 4) is 0 Å². The number of halogens is 4. The van der Waals surface area contributed by atoms with Crippen LogP contribution < -0.4 is 0 Å². The lowest BCUT2D eigenvalue weighted by atomic mass is 9.71. The van der Waals surface area contributed by atoms with Crippen LogP contribution in [0.2, 0.25) is 0 Å². The van der Waals surface area contributed by atoms with Gasteiger partial charge in [0.1, 0.15) is 0 Å². The minimum Gasteiger partial charge on any atom is -0.465 e. The Kier molecular flexibility index (Phi) is 5.47. The monoisotopic (exact) mass is 364 g/mol. The molecule has 6 heteroatoms. The van der Waals surface area contributed by atoms with Gasteiger partial charge >= 0.3 is 5.97 Å². The number of carbonyl (C=O) groups excluding carboxylic acids is 1. The van der Waals surface area contributed by atoms with E-state index in [1.54, 1.807) is 0 Å². The van der Waals surface area contributed by atoms with Crippen molar-refractivity contribution in [3.63, 3.8) is 0 Å². The van der Waals surface area contributed by atoms with Crippen molar-refractivity contribution in [2.75, 3.05) is 12.5 Å².